The number of fused-ring (bicyclic) bond motifs is 1. The van der Waals surface area contributed by atoms with Gasteiger partial charge in [0.1, 0.15) is 19.0 Å². The van der Waals surface area contributed by atoms with Crippen LogP contribution >= 0.6 is 0 Å². The van der Waals surface area contributed by atoms with Crippen molar-refractivity contribution in [3.8, 4) is 17.2 Å². The monoisotopic (exact) mass is 272 g/mol. The van der Waals surface area contributed by atoms with Crippen LogP contribution in [-0.4, -0.2) is 24.4 Å². The molecule has 1 aliphatic rings. The predicted molar refractivity (Wildman–Crippen MR) is 74.2 cm³/mol. The van der Waals surface area contributed by atoms with Crippen molar-refractivity contribution in [1.29, 1.82) is 0 Å². The Labute approximate surface area is 117 Å². The van der Waals surface area contributed by atoms with Gasteiger partial charge in [-0.2, -0.15) is 0 Å². The summed E-state index contributed by atoms with van der Waals surface area (Å²) in [7, 11) is 0. The van der Waals surface area contributed by atoms with E-state index in [0.29, 0.717) is 24.7 Å². The Morgan fingerprint density at radius 1 is 1.10 bits per heavy atom. The molecular formula is C16H16O4. The van der Waals surface area contributed by atoms with E-state index in [-0.39, 0.29) is 12.7 Å². The maximum Gasteiger partial charge on any atom is 0.165 e. The summed E-state index contributed by atoms with van der Waals surface area (Å²) in [6, 6.07) is 15.4. The number of aliphatic hydroxyl groups is 1. The lowest BCUT2D eigenvalue weighted by molar-refractivity contribution is 0.0453. The minimum absolute atomic E-state index is 0.0610. The van der Waals surface area contributed by atoms with E-state index in [1.807, 2.05) is 42.5 Å². The molecule has 0 saturated carbocycles. The minimum Gasteiger partial charge on any atom is -0.489 e. The highest BCUT2D eigenvalue weighted by molar-refractivity contribution is 5.46. The summed E-state index contributed by atoms with van der Waals surface area (Å²) < 4.78 is 16.9. The molecule has 0 amide bonds. The number of hydrogen-bond donors (Lipinski definition) is 1. The molecule has 1 heterocycles. The van der Waals surface area contributed by atoms with E-state index >= 15 is 0 Å². The first-order valence-electron chi connectivity index (χ1n) is 6.56. The van der Waals surface area contributed by atoms with Crippen molar-refractivity contribution in [3.63, 3.8) is 0 Å². The first-order chi connectivity index (χ1) is 9.85. The Hall–Kier alpha value is -2.20. The van der Waals surface area contributed by atoms with Crippen LogP contribution in [0, 0.1) is 0 Å². The number of ether oxygens (including phenoxy) is 3. The summed E-state index contributed by atoms with van der Waals surface area (Å²) in [5, 5.41) is 9.10. The molecule has 1 aliphatic heterocycles. The first-order valence-corrected chi connectivity index (χ1v) is 6.56. The summed E-state index contributed by atoms with van der Waals surface area (Å²) >= 11 is 0. The maximum absolute atomic E-state index is 9.10. The highest BCUT2D eigenvalue weighted by Gasteiger charge is 2.20. The Balaban J connectivity index is 1.69. The smallest absolute Gasteiger partial charge is 0.165 e. The largest absolute Gasteiger partial charge is 0.489 e. The van der Waals surface area contributed by atoms with Gasteiger partial charge in [0, 0.05) is 6.07 Å². The fraction of sp³-hybridized carbons (Fsp3) is 0.250. The van der Waals surface area contributed by atoms with Crippen molar-refractivity contribution in [3.05, 3.63) is 54.1 Å². The van der Waals surface area contributed by atoms with Gasteiger partial charge in [-0.05, 0) is 17.7 Å². The van der Waals surface area contributed by atoms with Gasteiger partial charge in [0.25, 0.3) is 0 Å². The molecule has 0 spiro atoms. The number of rotatable bonds is 4. The van der Waals surface area contributed by atoms with Crippen molar-refractivity contribution >= 4 is 0 Å². The second-order valence-corrected chi connectivity index (χ2v) is 4.62. The molecule has 0 radical (unpaired) electrons. The second kappa shape index (κ2) is 5.84. The van der Waals surface area contributed by atoms with Crippen LogP contribution in [0.4, 0.5) is 0 Å². The van der Waals surface area contributed by atoms with Crippen LogP contribution < -0.4 is 14.2 Å². The zero-order valence-corrected chi connectivity index (χ0v) is 11.0. The lowest BCUT2D eigenvalue weighted by Crippen LogP contribution is -2.32. The SMILES string of the molecule is OC[C@@H]1COc2ccc(OCc3ccccc3)cc2O1. The fourth-order valence-electron chi connectivity index (χ4n) is 2.02. The molecule has 104 valence electrons. The molecule has 0 unspecified atom stereocenters. The van der Waals surface area contributed by atoms with Gasteiger partial charge in [0.05, 0.1) is 6.61 Å². The predicted octanol–water partition coefficient (Wildman–Crippen LogP) is 2.40. The van der Waals surface area contributed by atoms with Gasteiger partial charge in [0.2, 0.25) is 0 Å². The minimum atomic E-state index is -0.313. The summed E-state index contributed by atoms with van der Waals surface area (Å²) in [6.45, 7) is 0.812. The van der Waals surface area contributed by atoms with Crippen LogP contribution in [0.3, 0.4) is 0 Å². The molecule has 2 aromatic carbocycles. The van der Waals surface area contributed by atoms with Crippen LogP contribution in [0.25, 0.3) is 0 Å². The summed E-state index contributed by atoms with van der Waals surface area (Å²) in [6.07, 6.45) is -0.313. The fourth-order valence-corrected chi connectivity index (χ4v) is 2.02. The van der Waals surface area contributed by atoms with Crippen LogP contribution in [0.1, 0.15) is 5.56 Å². The van der Waals surface area contributed by atoms with Gasteiger partial charge in [0.15, 0.2) is 17.6 Å². The zero-order chi connectivity index (χ0) is 13.8. The number of hydrogen-bond acceptors (Lipinski definition) is 4. The maximum atomic E-state index is 9.10. The first kappa shape index (κ1) is 12.8. The van der Waals surface area contributed by atoms with Crippen LogP contribution in [0.15, 0.2) is 48.5 Å². The Kier molecular flexibility index (Phi) is 3.74. The molecule has 0 aliphatic carbocycles. The Bertz CT molecular complexity index is 568. The van der Waals surface area contributed by atoms with E-state index in [2.05, 4.69) is 0 Å². The van der Waals surface area contributed by atoms with Gasteiger partial charge in [-0.15, -0.1) is 0 Å². The molecule has 0 fully saturated rings. The number of benzene rings is 2. The highest BCUT2D eigenvalue weighted by atomic mass is 16.6. The molecule has 0 aromatic heterocycles. The van der Waals surface area contributed by atoms with Crippen molar-refractivity contribution in [1.82, 2.24) is 0 Å². The molecule has 1 atom stereocenters. The lowest BCUT2D eigenvalue weighted by atomic mass is 10.2. The van der Waals surface area contributed by atoms with Gasteiger partial charge >= 0.3 is 0 Å². The molecular weight excluding hydrogens is 256 g/mol. The normalized spacial score (nSPS) is 16.8. The molecule has 4 heteroatoms. The van der Waals surface area contributed by atoms with Crippen LogP contribution in [-0.2, 0) is 6.61 Å². The van der Waals surface area contributed by atoms with Crippen LogP contribution in [0.5, 0.6) is 17.2 Å². The third kappa shape index (κ3) is 2.86. The summed E-state index contributed by atoms with van der Waals surface area (Å²) in [5.74, 6) is 2.01. The van der Waals surface area contributed by atoms with E-state index in [4.69, 9.17) is 19.3 Å². The Morgan fingerprint density at radius 2 is 1.95 bits per heavy atom. The van der Waals surface area contributed by atoms with E-state index < -0.39 is 0 Å². The standard InChI is InChI=1S/C16H16O4/c17-9-14-11-19-15-7-6-13(8-16(15)20-14)18-10-12-4-2-1-3-5-12/h1-8,14,17H,9-11H2/t14-/m1/s1. The average Bonchev–Trinajstić information content (AvgIpc) is 2.53. The quantitative estimate of drug-likeness (QED) is 0.928. The van der Waals surface area contributed by atoms with Crippen molar-refractivity contribution in [2.45, 2.75) is 12.7 Å². The van der Waals surface area contributed by atoms with Crippen molar-refractivity contribution in [2.24, 2.45) is 0 Å². The van der Waals surface area contributed by atoms with Gasteiger partial charge in [-0.25, -0.2) is 0 Å². The summed E-state index contributed by atoms with van der Waals surface area (Å²) in [5.41, 5.74) is 1.11. The third-order valence-corrected chi connectivity index (χ3v) is 3.09. The van der Waals surface area contributed by atoms with Crippen LogP contribution in [0.2, 0.25) is 0 Å². The van der Waals surface area contributed by atoms with Gasteiger partial charge in [-0.3, -0.25) is 0 Å². The average molecular weight is 272 g/mol. The molecule has 3 rings (SSSR count). The molecule has 0 bridgehead atoms. The molecule has 0 saturated heterocycles. The van der Waals surface area contributed by atoms with E-state index in [1.54, 1.807) is 6.07 Å². The van der Waals surface area contributed by atoms with E-state index in [0.717, 1.165) is 11.3 Å². The second-order valence-electron chi connectivity index (χ2n) is 4.62. The molecule has 20 heavy (non-hydrogen) atoms. The molecule has 2 aromatic rings. The topological polar surface area (TPSA) is 47.9 Å². The molecule has 1 N–H and O–H groups in total. The van der Waals surface area contributed by atoms with E-state index in [9.17, 15) is 0 Å². The zero-order valence-electron chi connectivity index (χ0n) is 11.0. The lowest BCUT2D eigenvalue weighted by Gasteiger charge is -2.25. The third-order valence-electron chi connectivity index (χ3n) is 3.09. The highest BCUT2D eigenvalue weighted by Crippen LogP contribution is 2.35. The van der Waals surface area contributed by atoms with Crippen molar-refractivity contribution < 1.29 is 19.3 Å². The Morgan fingerprint density at radius 3 is 2.75 bits per heavy atom. The van der Waals surface area contributed by atoms with Gasteiger partial charge < -0.3 is 19.3 Å². The van der Waals surface area contributed by atoms with Crippen molar-refractivity contribution in [2.75, 3.05) is 13.2 Å². The molecule has 4 nitrogen and oxygen atoms in total. The number of aliphatic hydroxyl groups excluding tert-OH is 1. The van der Waals surface area contributed by atoms with Gasteiger partial charge in [-0.1, -0.05) is 30.3 Å². The summed E-state index contributed by atoms with van der Waals surface area (Å²) in [4.78, 5) is 0. The van der Waals surface area contributed by atoms with E-state index in [1.165, 1.54) is 0 Å².